The van der Waals surface area contributed by atoms with Crippen molar-refractivity contribution in [1.29, 1.82) is 0 Å². The van der Waals surface area contributed by atoms with Crippen LogP contribution in [0.4, 0.5) is 4.79 Å². The van der Waals surface area contributed by atoms with E-state index in [1.165, 1.54) is 57.3 Å². The van der Waals surface area contributed by atoms with Crippen LogP contribution in [0.2, 0.25) is 0 Å². The van der Waals surface area contributed by atoms with E-state index in [-0.39, 0.29) is 12.1 Å². The van der Waals surface area contributed by atoms with Crippen molar-refractivity contribution in [2.75, 3.05) is 39.3 Å². The molecule has 0 spiro atoms. The first-order valence-corrected chi connectivity index (χ1v) is 14.2. The minimum absolute atomic E-state index is 0.209. The Morgan fingerprint density at radius 2 is 1.50 bits per heavy atom. The summed E-state index contributed by atoms with van der Waals surface area (Å²) in [5.41, 5.74) is 2.52. The molecule has 36 heavy (non-hydrogen) atoms. The molecule has 2 aromatic carbocycles. The van der Waals surface area contributed by atoms with Gasteiger partial charge < -0.3 is 19.9 Å². The van der Waals surface area contributed by atoms with Gasteiger partial charge in [0.15, 0.2) is 0 Å². The summed E-state index contributed by atoms with van der Waals surface area (Å²) in [4.78, 5) is 17.7. The topological polar surface area (TPSA) is 44.8 Å². The van der Waals surface area contributed by atoms with Gasteiger partial charge >= 0.3 is 6.09 Å². The number of hydrogen-bond donors (Lipinski definition) is 1. The molecule has 0 aromatic heterocycles. The first-order valence-electron chi connectivity index (χ1n) is 14.2. The average molecular weight is 490 g/mol. The van der Waals surface area contributed by atoms with Crippen molar-refractivity contribution in [2.45, 2.75) is 63.5 Å². The summed E-state index contributed by atoms with van der Waals surface area (Å²) in [5.74, 6) is 2.20. The molecular weight excluding hydrogens is 446 g/mol. The Labute approximate surface area is 217 Å². The molecule has 2 aliphatic heterocycles. The molecular formula is C31H43N3O2. The van der Waals surface area contributed by atoms with Gasteiger partial charge in [-0.2, -0.15) is 0 Å². The molecule has 5 rings (SSSR count). The zero-order chi connectivity index (χ0) is 24.6. The molecule has 1 amide bonds. The fourth-order valence-electron chi connectivity index (χ4n) is 6.63. The molecule has 1 saturated carbocycles. The maximum Gasteiger partial charge on any atom is 0.407 e. The number of alkyl carbamates (subject to hydrolysis) is 1. The quantitative estimate of drug-likeness (QED) is 0.519. The number of rotatable bonds is 8. The number of carbonyl (C=O) groups is 1. The summed E-state index contributed by atoms with van der Waals surface area (Å²) in [6.07, 6.45) is 8.82. The van der Waals surface area contributed by atoms with Crippen LogP contribution in [-0.4, -0.2) is 61.2 Å². The summed E-state index contributed by atoms with van der Waals surface area (Å²) >= 11 is 0. The second-order valence-corrected chi connectivity index (χ2v) is 11.3. The molecule has 3 aliphatic rings. The standard InChI is InChI=1S/C31H43N3O2/c35-31(36-24-26-12-6-2-7-13-26)32-29-16-18-33(19-17-29)21-28-22-34(20-25-10-4-1-5-11-25)23-30(28)27-14-8-3-9-15-27/h2-3,6-9,12-15,25,28-30H,1,4-5,10-11,16-24H2,(H,32,35)/t28-,30+/m0/s1. The lowest BCUT2D eigenvalue weighted by Gasteiger charge is -2.35. The number of piperidine rings is 1. The minimum Gasteiger partial charge on any atom is -0.445 e. The summed E-state index contributed by atoms with van der Waals surface area (Å²) in [6, 6.07) is 21.3. The average Bonchev–Trinajstić information content (AvgIpc) is 3.32. The molecule has 1 aliphatic carbocycles. The lowest BCUT2D eigenvalue weighted by Crippen LogP contribution is -2.46. The van der Waals surface area contributed by atoms with Gasteiger partial charge in [0.05, 0.1) is 0 Å². The number of ether oxygens (including phenoxy) is 1. The molecule has 2 atom stereocenters. The van der Waals surface area contributed by atoms with E-state index in [4.69, 9.17) is 4.74 Å². The fraction of sp³-hybridized carbons (Fsp3) is 0.581. The molecule has 3 fully saturated rings. The molecule has 0 radical (unpaired) electrons. The van der Waals surface area contributed by atoms with Crippen LogP contribution in [0.25, 0.3) is 0 Å². The minimum atomic E-state index is -0.296. The van der Waals surface area contributed by atoms with Gasteiger partial charge in [0.2, 0.25) is 0 Å². The van der Waals surface area contributed by atoms with Crippen LogP contribution in [0, 0.1) is 11.8 Å². The van der Waals surface area contributed by atoms with Crippen LogP contribution in [0.1, 0.15) is 62.0 Å². The highest BCUT2D eigenvalue weighted by Gasteiger charge is 2.36. The Balaban J connectivity index is 1.10. The fourth-order valence-corrected chi connectivity index (χ4v) is 6.63. The lowest BCUT2D eigenvalue weighted by molar-refractivity contribution is 0.123. The van der Waals surface area contributed by atoms with E-state index in [2.05, 4.69) is 45.4 Å². The molecule has 0 bridgehead atoms. The largest absolute Gasteiger partial charge is 0.445 e. The van der Waals surface area contributed by atoms with Crippen LogP contribution < -0.4 is 5.32 Å². The second kappa shape index (κ2) is 12.7. The van der Waals surface area contributed by atoms with Gasteiger partial charge in [-0.1, -0.05) is 79.9 Å². The van der Waals surface area contributed by atoms with Crippen LogP contribution in [0.15, 0.2) is 60.7 Å². The van der Waals surface area contributed by atoms with Crippen LogP contribution in [-0.2, 0) is 11.3 Å². The van der Waals surface area contributed by atoms with Crippen molar-refractivity contribution in [2.24, 2.45) is 11.8 Å². The first kappa shape index (κ1) is 25.3. The van der Waals surface area contributed by atoms with E-state index in [0.29, 0.717) is 18.4 Å². The highest BCUT2D eigenvalue weighted by molar-refractivity contribution is 5.67. The summed E-state index contributed by atoms with van der Waals surface area (Å²) < 4.78 is 5.43. The van der Waals surface area contributed by atoms with Crippen molar-refractivity contribution >= 4 is 6.09 Å². The third-order valence-electron chi connectivity index (χ3n) is 8.60. The Bertz CT molecular complexity index is 923. The van der Waals surface area contributed by atoms with Gasteiger partial charge in [-0.3, -0.25) is 0 Å². The lowest BCUT2D eigenvalue weighted by atomic mass is 9.88. The van der Waals surface area contributed by atoms with E-state index in [1.807, 2.05) is 30.3 Å². The predicted molar refractivity (Wildman–Crippen MR) is 145 cm³/mol. The number of nitrogens with zero attached hydrogens (tertiary/aromatic N) is 2. The van der Waals surface area contributed by atoms with Crippen molar-refractivity contribution in [3.63, 3.8) is 0 Å². The van der Waals surface area contributed by atoms with E-state index < -0.39 is 0 Å². The number of likely N-dealkylation sites (tertiary alicyclic amines) is 2. The molecule has 5 heteroatoms. The second-order valence-electron chi connectivity index (χ2n) is 11.3. The zero-order valence-corrected chi connectivity index (χ0v) is 21.7. The van der Waals surface area contributed by atoms with Gasteiger partial charge in [0.1, 0.15) is 6.61 Å². The molecule has 0 unspecified atom stereocenters. The van der Waals surface area contributed by atoms with E-state index in [9.17, 15) is 4.79 Å². The Kier molecular flexibility index (Phi) is 8.95. The summed E-state index contributed by atoms with van der Waals surface area (Å²) in [6.45, 7) is 7.29. The molecule has 2 aromatic rings. The van der Waals surface area contributed by atoms with Crippen molar-refractivity contribution in [3.05, 3.63) is 71.8 Å². The van der Waals surface area contributed by atoms with E-state index >= 15 is 0 Å². The SMILES string of the molecule is O=C(NC1CCN(C[C@H]2CN(CC3CCCCC3)C[C@@H]2c2ccccc2)CC1)OCc1ccccc1. The van der Waals surface area contributed by atoms with Gasteiger partial charge in [-0.15, -0.1) is 0 Å². The Morgan fingerprint density at radius 1 is 0.806 bits per heavy atom. The molecule has 5 nitrogen and oxygen atoms in total. The summed E-state index contributed by atoms with van der Waals surface area (Å²) in [7, 11) is 0. The van der Waals surface area contributed by atoms with Crippen molar-refractivity contribution in [1.82, 2.24) is 15.1 Å². The normalized spacial score (nSPS) is 24.6. The van der Waals surface area contributed by atoms with Crippen molar-refractivity contribution in [3.8, 4) is 0 Å². The highest BCUT2D eigenvalue weighted by Crippen LogP contribution is 2.35. The number of hydrogen-bond acceptors (Lipinski definition) is 4. The summed E-state index contributed by atoms with van der Waals surface area (Å²) in [5, 5.41) is 3.09. The van der Waals surface area contributed by atoms with Gasteiger partial charge in [0.25, 0.3) is 0 Å². The number of benzene rings is 2. The molecule has 1 N–H and O–H groups in total. The van der Waals surface area contributed by atoms with Crippen LogP contribution in [0.3, 0.4) is 0 Å². The van der Waals surface area contributed by atoms with Gasteiger partial charge in [0, 0.05) is 51.2 Å². The predicted octanol–water partition coefficient (Wildman–Crippen LogP) is 5.67. The van der Waals surface area contributed by atoms with Crippen LogP contribution >= 0.6 is 0 Å². The molecule has 2 saturated heterocycles. The third kappa shape index (κ3) is 7.10. The van der Waals surface area contributed by atoms with Crippen LogP contribution in [0.5, 0.6) is 0 Å². The van der Waals surface area contributed by atoms with Crippen molar-refractivity contribution < 1.29 is 9.53 Å². The molecule has 2 heterocycles. The monoisotopic (exact) mass is 489 g/mol. The highest BCUT2D eigenvalue weighted by atomic mass is 16.5. The number of amides is 1. The first-order chi connectivity index (χ1) is 17.7. The smallest absolute Gasteiger partial charge is 0.407 e. The maximum absolute atomic E-state index is 12.3. The van der Waals surface area contributed by atoms with E-state index in [0.717, 1.165) is 44.0 Å². The maximum atomic E-state index is 12.3. The van der Waals surface area contributed by atoms with Gasteiger partial charge in [-0.25, -0.2) is 4.79 Å². The zero-order valence-electron chi connectivity index (χ0n) is 21.7. The van der Waals surface area contributed by atoms with Gasteiger partial charge in [-0.05, 0) is 48.6 Å². The number of nitrogens with one attached hydrogen (secondary N) is 1. The number of carbonyl (C=O) groups excluding carboxylic acids is 1. The molecule has 194 valence electrons. The third-order valence-corrected chi connectivity index (χ3v) is 8.60. The Hall–Kier alpha value is -2.37. The Morgan fingerprint density at radius 3 is 2.22 bits per heavy atom. The van der Waals surface area contributed by atoms with E-state index in [1.54, 1.807) is 0 Å².